The van der Waals surface area contributed by atoms with Gasteiger partial charge in [-0.2, -0.15) is 4.72 Å². The third kappa shape index (κ3) is 4.31. The smallest absolute Gasteiger partial charge is 0.312 e. The fourth-order valence-corrected chi connectivity index (χ4v) is 4.22. The zero-order valence-electron chi connectivity index (χ0n) is 15.0. The number of likely N-dealkylation sites (tertiary alicyclic amines) is 1. The van der Waals surface area contributed by atoms with E-state index in [-0.39, 0.29) is 22.6 Å². The number of nitrogens with zero attached hydrogens (tertiary/aromatic N) is 2. The predicted octanol–water partition coefficient (Wildman–Crippen LogP) is 1.67. The summed E-state index contributed by atoms with van der Waals surface area (Å²) in [7, 11) is -2.84. The quantitative estimate of drug-likeness (QED) is 0.588. The van der Waals surface area contributed by atoms with Crippen LogP contribution >= 0.6 is 0 Å². The highest BCUT2D eigenvalue weighted by Crippen LogP contribution is 2.29. The Morgan fingerprint density at radius 2 is 2.12 bits per heavy atom. The van der Waals surface area contributed by atoms with Crippen LogP contribution in [0.5, 0.6) is 5.75 Å². The molecule has 2 unspecified atom stereocenters. The Morgan fingerprint density at radius 1 is 1.42 bits per heavy atom. The standard InChI is InChI=1S/C16H23N3O6S/c1-11-6-4-5-9-18(11)16(20)12(2)17-26(23,24)13-7-8-15(25-3)14(10-13)19(21)22/h7-8,10-12,17H,4-6,9H2,1-3H3. The Bertz CT molecular complexity index is 795. The number of hydrogen-bond donors (Lipinski definition) is 1. The summed E-state index contributed by atoms with van der Waals surface area (Å²) in [5, 5.41) is 11.1. The Balaban J connectivity index is 2.21. The minimum atomic E-state index is -4.10. The summed E-state index contributed by atoms with van der Waals surface area (Å²) < 4.78 is 32.3. The van der Waals surface area contributed by atoms with Gasteiger partial charge in [0.2, 0.25) is 15.9 Å². The van der Waals surface area contributed by atoms with Gasteiger partial charge in [0.25, 0.3) is 0 Å². The second-order valence-electron chi connectivity index (χ2n) is 6.31. The van der Waals surface area contributed by atoms with Crippen molar-refractivity contribution >= 4 is 21.6 Å². The van der Waals surface area contributed by atoms with Crippen molar-refractivity contribution in [2.75, 3.05) is 13.7 Å². The maximum absolute atomic E-state index is 12.6. The summed E-state index contributed by atoms with van der Waals surface area (Å²) in [6.07, 6.45) is 2.82. The van der Waals surface area contributed by atoms with Gasteiger partial charge in [-0.05, 0) is 45.2 Å². The molecule has 1 heterocycles. The maximum atomic E-state index is 12.6. The van der Waals surface area contributed by atoms with Gasteiger partial charge in [-0.3, -0.25) is 14.9 Å². The molecule has 1 saturated heterocycles. The molecule has 1 fully saturated rings. The number of hydrogen-bond acceptors (Lipinski definition) is 6. The van der Waals surface area contributed by atoms with E-state index in [4.69, 9.17) is 4.74 Å². The molecule has 144 valence electrons. The monoisotopic (exact) mass is 385 g/mol. The van der Waals surface area contributed by atoms with Crippen molar-refractivity contribution in [1.82, 2.24) is 9.62 Å². The first-order chi connectivity index (χ1) is 12.2. The molecule has 0 aromatic heterocycles. The Morgan fingerprint density at radius 3 is 2.69 bits per heavy atom. The average molecular weight is 385 g/mol. The summed E-state index contributed by atoms with van der Waals surface area (Å²) in [6.45, 7) is 4.00. The lowest BCUT2D eigenvalue weighted by Gasteiger charge is -2.35. The number of piperidine rings is 1. The summed E-state index contributed by atoms with van der Waals surface area (Å²) >= 11 is 0. The molecular formula is C16H23N3O6S. The first-order valence-electron chi connectivity index (χ1n) is 8.32. The van der Waals surface area contributed by atoms with Crippen LogP contribution in [0.25, 0.3) is 0 Å². The number of benzene rings is 1. The van der Waals surface area contributed by atoms with Gasteiger partial charge in [0.1, 0.15) is 0 Å². The van der Waals surface area contributed by atoms with E-state index in [0.29, 0.717) is 6.54 Å². The number of nitro benzene ring substituents is 1. The lowest BCUT2D eigenvalue weighted by atomic mass is 10.0. The SMILES string of the molecule is COc1ccc(S(=O)(=O)NC(C)C(=O)N2CCCCC2C)cc1[N+](=O)[O-]. The highest BCUT2D eigenvalue weighted by molar-refractivity contribution is 7.89. The van der Waals surface area contributed by atoms with Gasteiger partial charge in [0.15, 0.2) is 5.75 Å². The van der Waals surface area contributed by atoms with Crippen LogP contribution in [-0.4, -0.2) is 49.9 Å². The third-order valence-corrected chi connectivity index (χ3v) is 5.98. The van der Waals surface area contributed by atoms with Gasteiger partial charge in [-0.15, -0.1) is 0 Å². The lowest BCUT2D eigenvalue weighted by Crippen LogP contribution is -2.51. The molecule has 26 heavy (non-hydrogen) atoms. The van der Waals surface area contributed by atoms with Gasteiger partial charge < -0.3 is 9.64 Å². The molecule has 1 N–H and O–H groups in total. The normalized spacial score (nSPS) is 19.0. The molecular weight excluding hydrogens is 362 g/mol. The van der Waals surface area contributed by atoms with Crippen LogP contribution in [0.4, 0.5) is 5.69 Å². The van der Waals surface area contributed by atoms with E-state index in [0.717, 1.165) is 25.3 Å². The number of nitro groups is 1. The van der Waals surface area contributed by atoms with Gasteiger partial charge in [-0.25, -0.2) is 8.42 Å². The highest BCUT2D eigenvalue weighted by Gasteiger charge is 2.30. The number of amides is 1. The first-order valence-corrected chi connectivity index (χ1v) is 9.81. The summed E-state index contributed by atoms with van der Waals surface area (Å²) in [5.74, 6) is -0.344. The Kier molecular flexibility index (Phi) is 6.19. The number of carbonyl (C=O) groups is 1. The maximum Gasteiger partial charge on any atom is 0.312 e. The van der Waals surface area contributed by atoms with Gasteiger partial charge >= 0.3 is 5.69 Å². The molecule has 1 aromatic carbocycles. The molecule has 1 aromatic rings. The van der Waals surface area contributed by atoms with E-state index in [1.165, 1.54) is 26.2 Å². The van der Waals surface area contributed by atoms with Crippen molar-refractivity contribution in [3.63, 3.8) is 0 Å². The zero-order chi connectivity index (χ0) is 19.5. The van der Waals surface area contributed by atoms with E-state index >= 15 is 0 Å². The lowest BCUT2D eigenvalue weighted by molar-refractivity contribution is -0.386. The summed E-state index contributed by atoms with van der Waals surface area (Å²) in [6, 6.07) is 2.43. The van der Waals surface area contributed by atoms with Crippen LogP contribution in [0, 0.1) is 10.1 Å². The number of rotatable bonds is 6. The highest BCUT2D eigenvalue weighted by atomic mass is 32.2. The fraction of sp³-hybridized carbons (Fsp3) is 0.562. The minimum absolute atomic E-state index is 0.0415. The molecule has 2 rings (SSSR count). The van der Waals surface area contributed by atoms with E-state index in [9.17, 15) is 23.3 Å². The van der Waals surface area contributed by atoms with Crippen LogP contribution < -0.4 is 9.46 Å². The van der Waals surface area contributed by atoms with Crippen LogP contribution in [0.3, 0.4) is 0 Å². The van der Waals surface area contributed by atoms with Gasteiger partial charge in [0.05, 0.1) is 23.0 Å². The molecule has 0 spiro atoms. The molecule has 1 aliphatic heterocycles. The Labute approximate surface area is 152 Å². The molecule has 0 aliphatic carbocycles. The molecule has 0 saturated carbocycles. The van der Waals surface area contributed by atoms with Crippen LogP contribution in [-0.2, 0) is 14.8 Å². The van der Waals surface area contributed by atoms with Crippen LogP contribution in [0.15, 0.2) is 23.1 Å². The van der Waals surface area contributed by atoms with E-state index in [2.05, 4.69) is 4.72 Å². The average Bonchev–Trinajstić information content (AvgIpc) is 2.60. The van der Waals surface area contributed by atoms with Crippen molar-refractivity contribution in [1.29, 1.82) is 0 Å². The van der Waals surface area contributed by atoms with Crippen molar-refractivity contribution < 1.29 is 22.9 Å². The number of carbonyl (C=O) groups excluding carboxylic acids is 1. The largest absolute Gasteiger partial charge is 0.490 e. The minimum Gasteiger partial charge on any atom is -0.490 e. The van der Waals surface area contributed by atoms with Crippen molar-refractivity contribution in [2.24, 2.45) is 0 Å². The molecule has 9 nitrogen and oxygen atoms in total. The van der Waals surface area contributed by atoms with Gasteiger partial charge in [0, 0.05) is 18.7 Å². The fourth-order valence-electron chi connectivity index (χ4n) is 3.01. The van der Waals surface area contributed by atoms with Crippen molar-refractivity contribution in [3.05, 3.63) is 28.3 Å². The molecule has 1 amide bonds. The Hall–Kier alpha value is -2.20. The first kappa shape index (κ1) is 20.1. The summed E-state index contributed by atoms with van der Waals surface area (Å²) in [4.78, 5) is 24.3. The number of nitrogens with one attached hydrogen (secondary N) is 1. The topological polar surface area (TPSA) is 119 Å². The number of ether oxygens (including phenoxy) is 1. The van der Waals surface area contributed by atoms with Crippen molar-refractivity contribution in [3.8, 4) is 5.75 Å². The van der Waals surface area contributed by atoms with Crippen molar-refractivity contribution in [2.45, 2.75) is 50.1 Å². The summed E-state index contributed by atoms with van der Waals surface area (Å²) in [5.41, 5.74) is -0.459. The predicted molar refractivity (Wildman–Crippen MR) is 94.5 cm³/mol. The molecule has 2 atom stereocenters. The molecule has 1 aliphatic rings. The second kappa shape index (κ2) is 8.00. The number of sulfonamides is 1. The van der Waals surface area contributed by atoms with Gasteiger partial charge in [-0.1, -0.05) is 0 Å². The van der Waals surface area contributed by atoms with Crippen LogP contribution in [0.1, 0.15) is 33.1 Å². The third-order valence-electron chi connectivity index (χ3n) is 4.45. The molecule has 0 radical (unpaired) electrons. The number of methoxy groups -OCH3 is 1. The molecule has 0 bridgehead atoms. The van der Waals surface area contributed by atoms with E-state index < -0.39 is 26.7 Å². The van der Waals surface area contributed by atoms with E-state index in [1.807, 2.05) is 6.92 Å². The van der Waals surface area contributed by atoms with E-state index in [1.54, 1.807) is 4.90 Å². The molecule has 10 heteroatoms. The zero-order valence-corrected chi connectivity index (χ0v) is 15.8. The van der Waals surface area contributed by atoms with Crippen LogP contribution in [0.2, 0.25) is 0 Å². The second-order valence-corrected chi connectivity index (χ2v) is 8.02.